The summed E-state index contributed by atoms with van der Waals surface area (Å²) in [6, 6.07) is 0. The zero-order chi connectivity index (χ0) is 16.8. The van der Waals surface area contributed by atoms with Crippen LogP contribution in [-0.4, -0.2) is 5.78 Å². The molecule has 0 amide bonds. The molecule has 0 aromatic rings. The molecular formula is C21H42O. The number of carbonyl (C=O) groups excluding carboxylic acids is 1. The van der Waals surface area contributed by atoms with Gasteiger partial charge in [0.25, 0.3) is 0 Å². The molecule has 0 N–H and O–H groups in total. The molecule has 1 unspecified atom stereocenters. The third-order valence-corrected chi connectivity index (χ3v) is 4.68. The second kappa shape index (κ2) is 13.1. The molecular weight excluding hydrogens is 268 g/mol. The van der Waals surface area contributed by atoms with E-state index in [0.717, 1.165) is 6.42 Å². The van der Waals surface area contributed by atoms with Gasteiger partial charge in [-0.3, -0.25) is 4.79 Å². The van der Waals surface area contributed by atoms with Gasteiger partial charge in [-0.1, -0.05) is 112 Å². The van der Waals surface area contributed by atoms with Gasteiger partial charge in [0.2, 0.25) is 0 Å². The number of rotatable bonds is 14. The smallest absolute Gasteiger partial charge is 0.140 e. The molecule has 1 heteroatoms. The van der Waals surface area contributed by atoms with Gasteiger partial charge in [0, 0.05) is 11.3 Å². The lowest BCUT2D eigenvalue weighted by molar-refractivity contribution is -0.130. The maximum Gasteiger partial charge on any atom is 0.140 e. The van der Waals surface area contributed by atoms with Gasteiger partial charge in [-0.15, -0.1) is 0 Å². The molecule has 0 fully saturated rings. The van der Waals surface area contributed by atoms with Crippen LogP contribution in [0.1, 0.15) is 118 Å². The van der Waals surface area contributed by atoms with E-state index < -0.39 is 0 Å². The van der Waals surface area contributed by atoms with Gasteiger partial charge < -0.3 is 0 Å². The summed E-state index contributed by atoms with van der Waals surface area (Å²) in [5, 5.41) is 0. The van der Waals surface area contributed by atoms with Crippen LogP contribution < -0.4 is 0 Å². The van der Waals surface area contributed by atoms with Crippen molar-refractivity contribution in [1.82, 2.24) is 0 Å². The summed E-state index contributed by atoms with van der Waals surface area (Å²) in [7, 11) is 0. The quantitative estimate of drug-likeness (QED) is 0.307. The average molecular weight is 311 g/mol. The van der Waals surface area contributed by atoms with Crippen LogP contribution in [0.25, 0.3) is 0 Å². The summed E-state index contributed by atoms with van der Waals surface area (Å²) in [6.45, 7) is 10.5. The molecule has 0 aromatic heterocycles. The van der Waals surface area contributed by atoms with Gasteiger partial charge in [-0.2, -0.15) is 0 Å². The first-order valence-corrected chi connectivity index (χ1v) is 9.94. The molecule has 0 bridgehead atoms. The average Bonchev–Trinajstić information content (AvgIpc) is 2.46. The van der Waals surface area contributed by atoms with Crippen molar-refractivity contribution >= 4 is 5.78 Å². The van der Waals surface area contributed by atoms with Crippen molar-refractivity contribution in [2.75, 3.05) is 0 Å². The van der Waals surface area contributed by atoms with E-state index in [0.29, 0.717) is 5.78 Å². The molecule has 1 nitrogen and oxygen atoms in total. The Balaban J connectivity index is 3.32. The predicted molar refractivity (Wildman–Crippen MR) is 99.3 cm³/mol. The highest BCUT2D eigenvalue weighted by molar-refractivity contribution is 5.85. The molecule has 132 valence electrons. The first-order chi connectivity index (χ1) is 10.4. The zero-order valence-corrected chi connectivity index (χ0v) is 16.2. The highest BCUT2D eigenvalue weighted by Gasteiger charge is 2.25. The zero-order valence-electron chi connectivity index (χ0n) is 16.2. The number of hydrogen-bond donors (Lipinski definition) is 0. The van der Waals surface area contributed by atoms with Crippen molar-refractivity contribution in [2.45, 2.75) is 118 Å². The van der Waals surface area contributed by atoms with E-state index in [1.165, 1.54) is 77.0 Å². The van der Waals surface area contributed by atoms with Crippen LogP contribution in [0.5, 0.6) is 0 Å². The Morgan fingerprint density at radius 1 is 0.727 bits per heavy atom. The molecule has 0 aliphatic heterocycles. The Bertz CT molecular complexity index is 262. The highest BCUT2D eigenvalue weighted by Crippen LogP contribution is 2.23. The summed E-state index contributed by atoms with van der Waals surface area (Å²) in [5.74, 6) is 0.665. The van der Waals surface area contributed by atoms with Crippen molar-refractivity contribution in [2.24, 2.45) is 11.3 Å². The molecule has 0 aliphatic rings. The maximum atomic E-state index is 12.1. The number of carbonyl (C=O) groups is 1. The van der Waals surface area contributed by atoms with Crippen molar-refractivity contribution < 1.29 is 4.79 Å². The molecule has 0 heterocycles. The maximum absolute atomic E-state index is 12.1. The Hall–Kier alpha value is -0.330. The van der Waals surface area contributed by atoms with E-state index in [2.05, 4.69) is 13.8 Å². The minimum atomic E-state index is -0.170. The van der Waals surface area contributed by atoms with Gasteiger partial charge in [0.1, 0.15) is 5.78 Å². The molecule has 0 spiro atoms. The molecule has 0 aromatic carbocycles. The lowest BCUT2D eigenvalue weighted by Gasteiger charge is -2.21. The van der Waals surface area contributed by atoms with Gasteiger partial charge in [0.15, 0.2) is 0 Å². The first-order valence-electron chi connectivity index (χ1n) is 9.94. The van der Waals surface area contributed by atoms with Crippen LogP contribution in [-0.2, 0) is 4.79 Å². The molecule has 0 aliphatic carbocycles. The Kier molecular flexibility index (Phi) is 12.9. The summed E-state index contributed by atoms with van der Waals surface area (Å²) in [6.07, 6.45) is 17.7. The normalized spacial score (nSPS) is 13.3. The van der Waals surface area contributed by atoms with Crippen molar-refractivity contribution in [1.29, 1.82) is 0 Å². The van der Waals surface area contributed by atoms with Crippen LogP contribution in [0, 0.1) is 11.3 Å². The largest absolute Gasteiger partial charge is 0.299 e. The minimum absolute atomic E-state index is 0.170. The third-order valence-electron chi connectivity index (χ3n) is 4.68. The first kappa shape index (κ1) is 21.7. The van der Waals surface area contributed by atoms with Crippen LogP contribution in [0.4, 0.5) is 0 Å². The van der Waals surface area contributed by atoms with Crippen LogP contribution >= 0.6 is 0 Å². The number of unbranched alkanes of at least 4 members (excludes halogenated alkanes) is 11. The summed E-state index contributed by atoms with van der Waals surface area (Å²) in [4.78, 5) is 12.1. The molecule has 0 rings (SSSR count). The number of hydrogen-bond acceptors (Lipinski definition) is 1. The highest BCUT2D eigenvalue weighted by atomic mass is 16.1. The second-order valence-electron chi connectivity index (χ2n) is 8.19. The van der Waals surface area contributed by atoms with Crippen LogP contribution in [0.2, 0.25) is 0 Å². The number of Topliss-reactive ketones (excluding diaryl/α,β-unsaturated/α-hetero) is 1. The Morgan fingerprint density at radius 3 is 1.45 bits per heavy atom. The van der Waals surface area contributed by atoms with E-state index in [4.69, 9.17) is 0 Å². The lowest BCUT2D eigenvalue weighted by Crippen LogP contribution is -2.26. The summed E-state index contributed by atoms with van der Waals surface area (Å²) >= 11 is 0. The number of ketones is 1. The fraction of sp³-hybridized carbons (Fsp3) is 0.952. The summed E-state index contributed by atoms with van der Waals surface area (Å²) in [5.41, 5.74) is -0.170. The van der Waals surface area contributed by atoms with Crippen LogP contribution in [0.15, 0.2) is 0 Å². The van der Waals surface area contributed by atoms with Gasteiger partial charge in [-0.25, -0.2) is 0 Å². The molecule has 0 saturated heterocycles. The Labute approximate surface area is 140 Å². The van der Waals surface area contributed by atoms with Gasteiger partial charge in [-0.05, 0) is 6.42 Å². The predicted octanol–water partition coefficient (Wildman–Crippen LogP) is 7.33. The standard InChI is InChI=1S/C21H42O/c1-6-7-8-9-10-11-12-13-14-15-16-17-18-19(2)20(22)21(3,4)5/h19H,6-18H2,1-5H3. The Morgan fingerprint density at radius 2 is 1.09 bits per heavy atom. The third kappa shape index (κ3) is 12.2. The van der Waals surface area contributed by atoms with E-state index in [1.54, 1.807) is 0 Å². The van der Waals surface area contributed by atoms with Gasteiger partial charge >= 0.3 is 0 Å². The minimum Gasteiger partial charge on any atom is -0.299 e. The lowest BCUT2D eigenvalue weighted by atomic mass is 9.82. The monoisotopic (exact) mass is 310 g/mol. The van der Waals surface area contributed by atoms with Crippen molar-refractivity contribution in [3.05, 3.63) is 0 Å². The molecule has 1 atom stereocenters. The molecule has 0 saturated carbocycles. The van der Waals surface area contributed by atoms with Crippen LogP contribution in [0.3, 0.4) is 0 Å². The molecule has 0 radical (unpaired) electrons. The fourth-order valence-corrected chi connectivity index (χ4v) is 3.16. The van der Waals surface area contributed by atoms with Gasteiger partial charge in [0.05, 0.1) is 0 Å². The summed E-state index contributed by atoms with van der Waals surface area (Å²) < 4.78 is 0. The van der Waals surface area contributed by atoms with E-state index in [9.17, 15) is 4.79 Å². The van der Waals surface area contributed by atoms with E-state index in [-0.39, 0.29) is 11.3 Å². The second-order valence-corrected chi connectivity index (χ2v) is 8.19. The van der Waals surface area contributed by atoms with E-state index >= 15 is 0 Å². The fourth-order valence-electron chi connectivity index (χ4n) is 3.16. The van der Waals surface area contributed by atoms with Crippen molar-refractivity contribution in [3.8, 4) is 0 Å². The van der Waals surface area contributed by atoms with Crippen molar-refractivity contribution in [3.63, 3.8) is 0 Å². The molecule has 22 heavy (non-hydrogen) atoms. The topological polar surface area (TPSA) is 17.1 Å². The SMILES string of the molecule is CCCCCCCCCCCCCCC(C)C(=O)C(C)(C)C. The van der Waals surface area contributed by atoms with E-state index in [1.807, 2.05) is 20.8 Å².